The molecule has 1 saturated heterocycles. The zero-order valence-corrected chi connectivity index (χ0v) is 11.6. The standard InChI is InChI=1S/C14H21ClN2/c1-9(2)13-5-4-6-17(13)14-8-11(15)12(16)7-10(14)3/h7-9,13H,4-6,16H2,1-3H3. The average molecular weight is 253 g/mol. The van der Waals surface area contributed by atoms with Gasteiger partial charge in [0.15, 0.2) is 0 Å². The molecular formula is C14H21ClN2. The number of aryl methyl sites for hydroxylation is 1. The number of nitrogens with two attached hydrogens (primary N) is 1. The van der Waals surface area contributed by atoms with Gasteiger partial charge in [-0.05, 0) is 43.4 Å². The van der Waals surface area contributed by atoms with E-state index in [1.165, 1.54) is 24.1 Å². The summed E-state index contributed by atoms with van der Waals surface area (Å²) in [5.74, 6) is 0.674. The number of nitrogens with zero attached hydrogens (tertiary/aromatic N) is 1. The van der Waals surface area contributed by atoms with E-state index in [1.807, 2.05) is 12.1 Å². The molecule has 0 radical (unpaired) electrons. The Morgan fingerprint density at radius 1 is 1.41 bits per heavy atom. The number of nitrogen functional groups attached to an aromatic ring is 1. The van der Waals surface area contributed by atoms with Gasteiger partial charge in [-0.25, -0.2) is 0 Å². The van der Waals surface area contributed by atoms with Gasteiger partial charge < -0.3 is 10.6 Å². The highest BCUT2D eigenvalue weighted by Crippen LogP contribution is 2.35. The minimum absolute atomic E-state index is 0.633. The number of rotatable bonds is 2. The second kappa shape index (κ2) is 4.77. The maximum Gasteiger partial charge on any atom is 0.0656 e. The molecule has 0 spiro atoms. The highest BCUT2D eigenvalue weighted by molar-refractivity contribution is 6.33. The molecule has 0 amide bonds. The molecular weight excluding hydrogens is 232 g/mol. The highest BCUT2D eigenvalue weighted by Gasteiger charge is 2.28. The molecule has 1 aliphatic rings. The molecule has 1 aromatic carbocycles. The van der Waals surface area contributed by atoms with Crippen LogP contribution in [0.3, 0.4) is 0 Å². The topological polar surface area (TPSA) is 29.3 Å². The normalized spacial score (nSPS) is 20.3. The van der Waals surface area contributed by atoms with Gasteiger partial charge in [0.2, 0.25) is 0 Å². The van der Waals surface area contributed by atoms with Crippen LogP contribution in [0.1, 0.15) is 32.3 Å². The van der Waals surface area contributed by atoms with Crippen LogP contribution in [0, 0.1) is 12.8 Å². The maximum atomic E-state index is 6.14. The number of hydrogen-bond donors (Lipinski definition) is 1. The van der Waals surface area contributed by atoms with Gasteiger partial charge in [0, 0.05) is 18.3 Å². The maximum absolute atomic E-state index is 6.14. The SMILES string of the molecule is Cc1cc(N)c(Cl)cc1N1CCCC1C(C)C. The molecule has 1 aliphatic heterocycles. The van der Waals surface area contributed by atoms with Crippen LogP contribution in [0.4, 0.5) is 11.4 Å². The van der Waals surface area contributed by atoms with Crippen LogP contribution in [-0.2, 0) is 0 Å². The molecule has 94 valence electrons. The van der Waals surface area contributed by atoms with Crippen molar-refractivity contribution in [3.63, 3.8) is 0 Å². The third-order valence-electron chi connectivity index (χ3n) is 3.69. The smallest absolute Gasteiger partial charge is 0.0656 e. The zero-order valence-electron chi connectivity index (χ0n) is 10.8. The van der Waals surface area contributed by atoms with Crippen molar-refractivity contribution in [2.24, 2.45) is 5.92 Å². The molecule has 1 unspecified atom stereocenters. The van der Waals surface area contributed by atoms with Crippen molar-refractivity contribution in [3.8, 4) is 0 Å². The molecule has 1 fully saturated rings. The van der Waals surface area contributed by atoms with Gasteiger partial charge in [-0.3, -0.25) is 0 Å². The summed E-state index contributed by atoms with van der Waals surface area (Å²) in [5.41, 5.74) is 8.98. The van der Waals surface area contributed by atoms with Gasteiger partial charge in [0.25, 0.3) is 0 Å². The zero-order chi connectivity index (χ0) is 12.6. The molecule has 1 atom stereocenters. The van der Waals surface area contributed by atoms with Crippen LogP contribution in [0.25, 0.3) is 0 Å². The first-order valence-corrected chi connectivity index (χ1v) is 6.70. The van der Waals surface area contributed by atoms with E-state index in [0.717, 1.165) is 6.54 Å². The van der Waals surface area contributed by atoms with Crippen molar-refractivity contribution >= 4 is 23.0 Å². The van der Waals surface area contributed by atoms with Crippen LogP contribution in [0.5, 0.6) is 0 Å². The van der Waals surface area contributed by atoms with Gasteiger partial charge in [0.05, 0.1) is 10.7 Å². The van der Waals surface area contributed by atoms with Crippen LogP contribution >= 0.6 is 11.6 Å². The predicted molar refractivity (Wildman–Crippen MR) is 75.8 cm³/mol. The quantitative estimate of drug-likeness (QED) is 0.810. The first kappa shape index (κ1) is 12.6. The molecule has 17 heavy (non-hydrogen) atoms. The lowest BCUT2D eigenvalue weighted by Gasteiger charge is -2.31. The first-order chi connectivity index (χ1) is 8.00. The Morgan fingerprint density at radius 3 is 2.76 bits per heavy atom. The van der Waals surface area contributed by atoms with E-state index < -0.39 is 0 Å². The van der Waals surface area contributed by atoms with E-state index in [9.17, 15) is 0 Å². The summed E-state index contributed by atoms with van der Waals surface area (Å²) >= 11 is 6.14. The van der Waals surface area contributed by atoms with Crippen LogP contribution in [0.15, 0.2) is 12.1 Å². The van der Waals surface area contributed by atoms with Crippen molar-refractivity contribution in [3.05, 3.63) is 22.7 Å². The second-order valence-electron chi connectivity index (χ2n) is 5.31. The minimum Gasteiger partial charge on any atom is -0.398 e. The fraction of sp³-hybridized carbons (Fsp3) is 0.571. The van der Waals surface area contributed by atoms with Crippen molar-refractivity contribution in [2.75, 3.05) is 17.2 Å². The van der Waals surface area contributed by atoms with E-state index in [2.05, 4.69) is 25.7 Å². The van der Waals surface area contributed by atoms with Gasteiger partial charge in [-0.2, -0.15) is 0 Å². The fourth-order valence-corrected chi connectivity index (χ4v) is 2.95. The molecule has 0 bridgehead atoms. The van der Waals surface area contributed by atoms with Crippen LogP contribution in [-0.4, -0.2) is 12.6 Å². The van der Waals surface area contributed by atoms with Crippen molar-refractivity contribution in [1.29, 1.82) is 0 Å². The van der Waals surface area contributed by atoms with Gasteiger partial charge in [0.1, 0.15) is 0 Å². The molecule has 1 heterocycles. The molecule has 1 aromatic rings. The minimum atomic E-state index is 0.633. The van der Waals surface area contributed by atoms with E-state index in [-0.39, 0.29) is 0 Å². The lowest BCUT2D eigenvalue weighted by Crippen LogP contribution is -2.33. The van der Waals surface area contributed by atoms with Crippen molar-refractivity contribution < 1.29 is 0 Å². The Morgan fingerprint density at radius 2 is 2.12 bits per heavy atom. The number of benzene rings is 1. The third-order valence-corrected chi connectivity index (χ3v) is 4.02. The van der Waals surface area contributed by atoms with E-state index in [1.54, 1.807) is 0 Å². The Bertz CT molecular complexity index is 415. The Labute approximate surface area is 109 Å². The van der Waals surface area contributed by atoms with Crippen LogP contribution in [0.2, 0.25) is 5.02 Å². The number of anilines is 2. The predicted octanol–water partition coefficient (Wildman–Crippen LogP) is 3.86. The highest BCUT2D eigenvalue weighted by atomic mass is 35.5. The van der Waals surface area contributed by atoms with E-state index in [0.29, 0.717) is 22.7 Å². The van der Waals surface area contributed by atoms with Crippen molar-refractivity contribution in [2.45, 2.75) is 39.7 Å². The fourth-order valence-electron chi connectivity index (χ4n) is 2.79. The molecule has 3 heteroatoms. The molecule has 0 aromatic heterocycles. The van der Waals surface area contributed by atoms with Crippen molar-refractivity contribution in [1.82, 2.24) is 0 Å². The Balaban J connectivity index is 2.36. The molecule has 0 saturated carbocycles. The average Bonchev–Trinajstić information content (AvgIpc) is 2.72. The van der Waals surface area contributed by atoms with Gasteiger partial charge in [-0.1, -0.05) is 25.4 Å². The lowest BCUT2D eigenvalue weighted by molar-refractivity contribution is 0.491. The lowest BCUT2D eigenvalue weighted by atomic mass is 10.0. The summed E-state index contributed by atoms with van der Waals surface area (Å²) in [7, 11) is 0. The van der Waals surface area contributed by atoms with Crippen LogP contribution < -0.4 is 10.6 Å². The monoisotopic (exact) mass is 252 g/mol. The summed E-state index contributed by atoms with van der Waals surface area (Å²) in [6.45, 7) is 7.82. The third kappa shape index (κ3) is 2.37. The molecule has 2 rings (SSSR count). The summed E-state index contributed by atoms with van der Waals surface area (Å²) in [4.78, 5) is 2.49. The summed E-state index contributed by atoms with van der Waals surface area (Å²) in [5, 5.41) is 0.667. The van der Waals surface area contributed by atoms with Gasteiger partial charge >= 0.3 is 0 Å². The molecule has 2 nitrogen and oxygen atoms in total. The number of hydrogen-bond acceptors (Lipinski definition) is 2. The van der Waals surface area contributed by atoms with E-state index in [4.69, 9.17) is 17.3 Å². The molecule has 2 N–H and O–H groups in total. The summed E-state index contributed by atoms with van der Waals surface area (Å²) in [6, 6.07) is 4.63. The summed E-state index contributed by atoms with van der Waals surface area (Å²) in [6.07, 6.45) is 2.55. The Kier molecular flexibility index (Phi) is 3.53. The largest absolute Gasteiger partial charge is 0.398 e. The summed E-state index contributed by atoms with van der Waals surface area (Å²) < 4.78 is 0. The van der Waals surface area contributed by atoms with Gasteiger partial charge in [-0.15, -0.1) is 0 Å². The molecule has 0 aliphatic carbocycles. The Hall–Kier alpha value is -0.890. The first-order valence-electron chi connectivity index (χ1n) is 6.33. The van der Waals surface area contributed by atoms with E-state index >= 15 is 0 Å². The number of halogens is 1. The second-order valence-corrected chi connectivity index (χ2v) is 5.71.